The van der Waals surface area contributed by atoms with Gasteiger partial charge in [0.1, 0.15) is 16.8 Å². The van der Waals surface area contributed by atoms with Crippen LogP contribution in [-0.4, -0.2) is 58.1 Å². The van der Waals surface area contributed by atoms with Crippen molar-refractivity contribution in [2.24, 2.45) is 0 Å². The molecule has 10 heteroatoms. The van der Waals surface area contributed by atoms with E-state index in [1.165, 1.54) is 23.9 Å². The van der Waals surface area contributed by atoms with Crippen LogP contribution in [0.1, 0.15) is 28.4 Å². The fourth-order valence-corrected chi connectivity index (χ4v) is 4.84. The first kappa shape index (κ1) is 25.9. The number of carbonyl (C=O) groups is 2. The number of thioether (sulfide) groups is 1. The van der Waals surface area contributed by atoms with Crippen LogP contribution in [0.4, 0.5) is 10.2 Å². The van der Waals surface area contributed by atoms with Crippen LogP contribution in [0.3, 0.4) is 0 Å². The Balaban J connectivity index is 1.33. The van der Waals surface area contributed by atoms with Crippen molar-refractivity contribution in [1.29, 1.82) is 0 Å². The predicted molar refractivity (Wildman–Crippen MR) is 140 cm³/mol. The summed E-state index contributed by atoms with van der Waals surface area (Å²) in [6.07, 6.45) is 0. The molecule has 4 rings (SSSR count). The van der Waals surface area contributed by atoms with Gasteiger partial charge in [0.25, 0.3) is 5.91 Å². The second kappa shape index (κ2) is 11.7. The van der Waals surface area contributed by atoms with Crippen LogP contribution in [0.2, 0.25) is 5.15 Å². The molecule has 2 heterocycles. The number of benzene rings is 2. The van der Waals surface area contributed by atoms with Gasteiger partial charge in [-0.2, -0.15) is 0 Å². The number of piperazine rings is 1. The van der Waals surface area contributed by atoms with E-state index >= 15 is 0 Å². The molecular weight excluding hydrogens is 501 g/mol. The van der Waals surface area contributed by atoms with Crippen LogP contribution in [0.5, 0.6) is 0 Å². The number of amides is 2. The van der Waals surface area contributed by atoms with Crippen molar-refractivity contribution in [3.63, 3.8) is 0 Å². The zero-order valence-electron chi connectivity index (χ0n) is 20.1. The van der Waals surface area contributed by atoms with Crippen LogP contribution in [0, 0.1) is 12.7 Å². The average Bonchev–Trinajstić information content (AvgIpc) is 2.87. The first-order valence-corrected chi connectivity index (χ1v) is 13.0. The van der Waals surface area contributed by atoms with Crippen LogP contribution in [0.15, 0.2) is 59.8 Å². The van der Waals surface area contributed by atoms with Crippen molar-refractivity contribution < 1.29 is 14.0 Å². The molecule has 3 aromatic rings. The summed E-state index contributed by atoms with van der Waals surface area (Å²) in [5.74, 6) is 0.301. The van der Waals surface area contributed by atoms with Gasteiger partial charge in [0.05, 0.1) is 5.75 Å². The van der Waals surface area contributed by atoms with Crippen molar-refractivity contribution in [2.75, 3.05) is 30.3 Å². The Hall–Kier alpha value is -3.17. The minimum absolute atomic E-state index is 0.0189. The normalized spacial score (nSPS) is 15.6. The summed E-state index contributed by atoms with van der Waals surface area (Å²) in [6.45, 7) is 6.09. The number of nitrogens with zero attached hydrogens (tertiary/aromatic N) is 4. The monoisotopic (exact) mass is 527 g/mol. The summed E-state index contributed by atoms with van der Waals surface area (Å²) >= 11 is 7.45. The first-order chi connectivity index (χ1) is 17.3. The van der Waals surface area contributed by atoms with Gasteiger partial charge in [0, 0.05) is 43.9 Å². The Morgan fingerprint density at radius 2 is 1.83 bits per heavy atom. The number of rotatable bonds is 7. The molecule has 188 valence electrons. The lowest BCUT2D eigenvalue weighted by Gasteiger charge is -2.40. The van der Waals surface area contributed by atoms with Crippen molar-refractivity contribution in [2.45, 2.75) is 31.6 Å². The van der Waals surface area contributed by atoms with Crippen LogP contribution in [-0.2, 0) is 11.3 Å². The van der Waals surface area contributed by atoms with E-state index in [1.807, 2.05) is 43.0 Å². The summed E-state index contributed by atoms with van der Waals surface area (Å²) in [4.78, 5) is 38.0. The van der Waals surface area contributed by atoms with Gasteiger partial charge in [-0.15, -0.1) is 0 Å². The maximum absolute atomic E-state index is 13.0. The minimum Gasteiger partial charge on any atom is -0.353 e. The number of hydrogen-bond donors (Lipinski definition) is 1. The lowest BCUT2D eigenvalue weighted by Crippen LogP contribution is -2.54. The van der Waals surface area contributed by atoms with E-state index in [2.05, 4.69) is 20.2 Å². The summed E-state index contributed by atoms with van der Waals surface area (Å²) in [5.41, 5.74) is 2.61. The molecule has 1 fully saturated rings. The Kier molecular flexibility index (Phi) is 8.43. The molecule has 0 aliphatic carbocycles. The molecule has 1 aromatic heterocycles. The Morgan fingerprint density at radius 3 is 2.53 bits per heavy atom. The molecule has 0 bridgehead atoms. The molecule has 2 amide bonds. The van der Waals surface area contributed by atoms with Crippen molar-refractivity contribution in [1.82, 2.24) is 20.2 Å². The average molecular weight is 528 g/mol. The number of aryl methyl sites for hydroxylation is 1. The molecule has 1 aliphatic heterocycles. The maximum Gasteiger partial charge on any atom is 0.254 e. The molecule has 2 aromatic carbocycles. The number of aromatic nitrogens is 2. The molecule has 0 saturated carbocycles. The second-order valence-electron chi connectivity index (χ2n) is 8.68. The van der Waals surface area contributed by atoms with E-state index in [0.717, 1.165) is 11.1 Å². The highest BCUT2D eigenvalue weighted by atomic mass is 35.5. The number of nitrogens with one attached hydrogen (secondary N) is 1. The van der Waals surface area contributed by atoms with Gasteiger partial charge in [-0.3, -0.25) is 9.59 Å². The van der Waals surface area contributed by atoms with Gasteiger partial charge < -0.3 is 15.1 Å². The molecule has 1 N–H and O–H groups in total. The molecular formula is C26H27ClFN5O2S. The molecule has 0 spiro atoms. The summed E-state index contributed by atoms with van der Waals surface area (Å²) in [6, 6.07) is 15.3. The number of carbonyl (C=O) groups excluding carboxylic acids is 2. The van der Waals surface area contributed by atoms with Crippen LogP contribution in [0.25, 0.3) is 0 Å². The molecule has 1 unspecified atom stereocenters. The van der Waals surface area contributed by atoms with E-state index in [1.54, 1.807) is 18.2 Å². The Bertz CT molecular complexity index is 1230. The molecule has 7 nitrogen and oxygen atoms in total. The van der Waals surface area contributed by atoms with E-state index in [4.69, 9.17) is 11.6 Å². The second-order valence-corrected chi connectivity index (χ2v) is 10.0. The van der Waals surface area contributed by atoms with Crippen LogP contribution >= 0.6 is 23.4 Å². The van der Waals surface area contributed by atoms with Crippen molar-refractivity contribution >= 4 is 41.0 Å². The van der Waals surface area contributed by atoms with Gasteiger partial charge >= 0.3 is 0 Å². The third-order valence-electron chi connectivity index (χ3n) is 5.91. The van der Waals surface area contributed by atoms with Gasteiger partial charge in [0.2, 0.25) is 5.91 Å². The van der Waals surface area contributed by atoms with Gasteiger partial charge in [0.15, 0.2) is 5.16 Å². The number of hydrogen-bond acceptors (Lipinski definition) is 6. The topological polar surface area (TPSA) is 78.4 Å². The SMILES string of the molecule is Cc1ccc(C(=O)N2CCN(c3cc(Cl)nc(SCC(=O)NCc4ccc(F)cc4)n3)CC2C)cc1. The highest BCUT2D eigenvalue weighted by Crippen LogP contribution is 2.24. The zero-order valence-corrected chi connectivity index (χ0v) is 21.7. The van der Waals surface area contributed by atoms with E-state index < -0.39 is 0 Å². The summed E-state index contributed by atoms with van der Waals surface area (Å²) in [5, 5.41) is 3.50. The van der Waals surface area contributed by atoms with Crippen LogP contribution < -0.4 is 10.2 Å². The van der Waals surface area contributed by atoms with E-state index in [-0.39, 0.29) is 29.4 Å². The van der Waals surface area contributed by atoms with Crippen molar-refractivity contribution in [3.8, 4) is 0 Å². The largest absolute Gasteiger partial charge is 0.353 e. The minimum atomic E-state index is -0.316. The first-order valence-electron chi connectivity index (χ1n) is 11.6. The molecule has 0 radical (unpaired) electrons. The zero-order chi connectivity index (χ0) is 25.7. The van der Waals surface area contributed by atoms with Gasteiger partial charge in [-0.05, 0) is 43.7 Å². The van der Waals surface area contributed by atoms with Crippen molar-refractivity contribution in [3.05, 3.63) is 82.3 Å². The fraction of sp³-hybridized carbons (Fsp3) is 0.308. The number of halogens is 2. The molecule has 1 atom stereocenters. The summed E-state index contributed by atoms with van der Waals surface area (Å²) in [7, 11) is 0. The third-order valence-corrected chi connectivity index (χ3v) is 6.95. The maximum atomic E-state index is 13.0. The predicted octanol–water partition coefficient (Wildman–Crippen LogP) is 4.34. The molecule has 36 heavy (non-hydrogen) atoms. The highest BCUT2D eigenvalue weighted by Gasteiger charge is 2.29. The van der Waals surface area contributed by atoms with Gasteiger partial charge in [-0.1, -0.05) is 53.2 Å². The Labute approximate surface area is 219 Å². The summed E-state index contributed by atoms with van der Waals surface area (Å²) < 4.78 is 13.0. The standard InChI is InChI=1S/C26H27ClFN5O2S/c1-17-3-7-20(8-4-17)25(35)33-12-11-32(15-18(33)2)23-13-22(27)30-26(31-23)36-16-24(34)29-14-19-5-9-21(28)10-6-19/h3-10,13,18H,11-12,14-16H2,1-2H3,(H,29,34). The van der Waals surface area contributed by atoms with E-state index in [9.17, 15) is 14.0 Å². The molecule has 1 aliphatic rings. The highest BCUT2D eigenvalue weighted by molar-refractivity contribution is 7.99. The van der Waals surface area contributed by atoms with E-state index in [0.29, 0.717) is 47.9 Å². The fourth-order valence-electron chi connectivity index (χ4n) is 3.93. The smallest absolute Gasteiger partial charge is 0.254 e. The van der Waals surface area contributed by atoms with Gasteiger partial charge in [-0.25, -0.2) is 14.4 Å². The third kappa shape index (κ3) is 6.73. The Morgan fingerprint density at radius 1 is 1.11 bits per heavy atom. The lowest BCUT2D eigenvalue weighted by atomic mass is 10.1. The quantitative estimate of drug-likeness (QED) is 0.280. The molecule has 1 saturated heterocycles. The lowest BCUT2D eigenvalue weighted by molar-refractivity contribution is -0.118. The number of anilines is 1.